The molecule has 0 aliphatic carbocycles. The lowest BCUT2D eigenvalue weighted by Crippen LogP contribution is -2.20. The summed E-state index contributed by atoms with van der Waals surface area (Å²) in [5.74, 6) is 2.14. The summed E-state index contributed by atoms with van der Waals surface area (Å²) in [6.45, 7) is 16.1. The molecule has 2 heteroatoms. The second kappa shape index (κ2) is 7.84. The number of hydrogen-bond donors (Lipinski definition) is 0. The van der Waals surface area contributed by atoms with Gasteiger partial charge in [-0.05, 0) is 55.2 Å². The Balaban J connectivity index is 2.83. The van der Waals surface area contributed by atoms with Crippen molar-refractivity contribution in [2.24, 2.45) is 11.3 Å². The molecule has 2 nitrogen and oxygen atoms in total. The third kappa shape index (κ3) is 6.09. The van der Waals surface area contributed by atoms with Crippen molar-refractivity contribution in [2.75, 3.05) is 6.61 Å². The van der Waals surface area contributed by atoms with Crippen LogP contribution in [-0.4, -0.2) is 12.9 Å². The summed E-state index contributed by atoms with van der Waals surface area (Å²) in [5.41, 5.74) is 1.67. The third-order valence-electron chi connectivity index (χ3n) is 3.74. The molecular weight excluding hydrogens is 260 g/mol. The van der Waals surface area contributed by atoms with Crippen molar-refractivity contribution in [3.63, 3.8) is 0 Å². The average Bonchev–Trinajstić information content (AvgIpc) is 2.36. The second-order valence-corrected chi connectivity index (χ2v) is 7.26. The first kappa shape index (κ1) is 18.0. The zero-order valence-corrected chi connectivity index (χ0v) is 14.8. The van der Waals surface area contributed by atoms with Gasteiger partial charge in [-0.15, -0.1) is 0 Å². The standard InChI is InChI=1S/C19H32O2/c1-8-20-15(4)21-17-11-9-16(10-12-17)18(13-14(2)3)19(5,6)7/h9-12,14-15,18H,8,13H2,1-7H3. The number of hydrogen-bond acceptors (Lipinski definition) is 2. The number of ether oxygens (including phenoxy) is 2. The van der Waals surface area contributed by atoms with Gasteiger partial charge < -0.3 is 9.47 Å². The molecule has 1 aromatic rings. The fraction of sp³-hybridized carbons (Fsp3) is 0.684. The maximum atomic E-state index is 5.73. The molecule has 0 aliphatic rings. The zero-order valence-electron chi connectivity index (χ0n) is 14.8. The van der Waals surface area contributed by atoms with Crippen LogP contribution in [0, 0.1) is 11.3 Å². The van der Waals surface area contributed by atoms with Gasteiger partial charge in [-0.3, -0.25) is 0 Å². The van der Waals surface area contributed by atoms with E-state index in [-0.39, 0.29) is 11.7 Å². The van der Waals surface area contributed by atoms with Crippen LogP contribution in [0.3, 0.4) is 0 Å². The van der Waals surface area contributed by atoms with Crippen molar-refractivity contribution in [3.8, 4) is 5.75 Å². The minimum Gasteiger partial charge on any atom is -0.465 e. The lowest BCUT2D eigenvalue weighted by molar-refractivity contribution is -0.0613. The van der Waals surface area contributed by atoms with Gasteiger partial charge in [0.05, 0.1) is 0 Å². The Morgan fingerprint density at radius 1 is 1.00 bits per heavy atom. The van der Waals surface area contributed by atoms with Crippen LogP contribution >= 0.6 is 0 Å². The predicted molar refractivity (Wildman–Crippen MR) is 89.8 cm³/mol. The van der Waals surface area contributed by atoms with Crippen LogP contribution in [0.15, 0.2) is 24.3 Å². The van der Waals surface area contributed by atoms with E-state index < -0.39 is 0 Å². The highest BCUT2D eigenvalue weighted by Crippen LogP contribution is 2.40. The Kier molecular flexibility index (Phi) is 6.73. The monoisotopic (exact) mass is 292 g/mol. The van der Waals surface area contributed by atoms with Crippen LogP contribution in [-0.2, 0) is 4.74 Å². The first-order valence-corrected chi connectivity index (χ1v) is 8.12. The molecule has 0 N–H and O–H groups in total. The molecule has 0 radical (unpaired) electrons. The average molecular weight is 292 g/mol. The molecule has 120 valence electrons. The van der Waals surface area contributed by atoms with Crippen LogP contribution in [0.25, 0.3) is 0 Å². The summed E-state index contributed by atoms with van der Waals surface area (Å²) >= 11 is 0. The van der Waals surface area contributed by atoms with E-state index in [1.54, 1.807) is 0 Å². The summed E-state index contributed by atoms with van der Waals surface area (Å²) < 4.78 is 11.1. The fourth-order valence-electron chi connectivity index (χ4n) is 2.70. The molecule has 0 aromatic heterocycles. The second-order valence-electron chi connectivity index (χ2n) is 7.26. The summed E-state index contributed by atoms with van der Waals surface area (Å²) in [5, 5.41) is 0. The quantitative estimate of drug-likeness (QED) is 0.607. The van der Waals surface area contributed by atoms with Gasteiger partial charge in [0.25, 0.3) is 0 Å². The highest BCUT2D eigenvalue weighted by atomic mass is 16.7. The molecule has 0 heterocycles. The van der Waals surface area contributed by atoms with E-state index in [0.717, 1.165) is 5.75 Å². The van der Waals surface area contributed by atoms with Gasteiger partial charge in [0.1, 0.15) is 5.75 Å². The predicted octanol–water partition coefficient (Wildman–Crippen LogP) is 5.62. The molecule has 0 amide bonds. The Labute approximate surface area is 130 Å². The Morgan fingerprint density at radius 3 is 2.00 bits per heavy atom. The van der Waals surface area contributed by atoms with Crippen molar-refractivity contribution in [2.45, 2.75) is 67.1 Å². The van der Waals surface area contributed by atoms with Crippen molar-refractivity contribution >= 4 is 0 Å². The number of rotatable bonds is 7. The summed E-state index contributed by atoms with van der Waals surface area (Å²) in [6, 6.07) is 8.52. The Hall–Kier alpha value is -1.02. The molecule has 0 aliphatic heterocycles. The van der Waals surface area contributed by atoms with E-state index >= 15 is 0 Å². The molecule has 1 rings (SSSR count). The van der Waals surface area contributed by atoms with E-state index in [0.29, 0.717) is 18.4 Å². The minimum absolute atomic E-state index is 0.199. The van der Waals surface area contributed by atoms with Gasteiger partial charge in [-0.2, -0.15) is 0 Å². The molecule has 0 bridgehead atoms. The highest BCUT2D eigenvalue weighted by Gasteiger charge is 2.26. The first-order chi connectivity index (χ1) is 9.74. The van der Waals surface area contributed by atoms with Crippen LogP contribution < -0.4 is 4.74 Å². The Bertz CT molecular complexity index is 401. The molecule has 21 heavy (non-hydrogen) atoms. The molecule has 1 aromatic carbocycles. The third-order valence-corrected chi connectivity index (χ3v) is 3.74. The van der Waals surface area contributed by atoms with Crippen molar-refractivity contribution in [1.29, 1.82) is 0 Å². The van der Waals surface area contributed by atoms with E-state index in [4.69, 9.17) is 9.47 Å². The van der Waals surface area contributed by atoms with Crippen molar-refractivity contribution in [3.05, 3.63) is 29.8 Å². The van der Waals surface area contributed by atoms with Crippen LogP contribution in [0.5, 0.6) is 5.75 Å². The summed E-state index contributed by atoms with van der Waals surface area (Å²) in [7, 11) is 0. The van der Waals surface area contributed by atoms with Gasteiger partial charge in [0, 0.05) is 6.61 Å². The van der Waals surface area contributed by atoms with Crippen molar-refractivity contribution in [1.82, 2.24) is 0 Å². The highest BCUT2D eigenvalue weighted by molar-refractivity contribution is 5.30. The van der Waals surface area contributed by atoms with Crippen LogP contribution in [0.1, 0.15) is 66.4 Å². The zero-order chi connectivity index (χ0) is 16.0. The van der Waals surface area contributed by atoms with Crippen LogP contribution in [0.4, 0.5) is 0 Å². The molecule has 0 fully saturated rings. The van der Waals surface area contributed by atoms with E-state index in [2.05, 4.69) is 58.9 Å². The molecule has 2 unspecified atom stereocenters. The smallest absolute Gasteiger partial charge is 0.196 e. The van der Waals surface area contributed by atoms with Gasteiger partial charge in [0.2, 0.25) is 0 Å². The maximum Gasteiger partial charge on any atom is 0.196 e. The van der Waals surface area contributed by atoms with Crippen LogP contribution in [0.2, 0.25) is 0 Å². The fourth-order valence-corrected chi connectivity index (χ4v) is 2.70. The largest absolute Gasteiger partial charge is 0.465 e. The lowest BCUT2D eigenvalue weighted by Gasteiger charge is -2.32. The number of benzene rings is 1. The topological polar surface area (TPSA) is 18.5 Å². The van der Waals surface area contributed by atoms with Crippen molar-refractivity contribution < 1.29 is 9.47 Å². The van der Waals surface area contributed by atoms with Gasteiger partial charge >= 0.3 is 0 Å². The normalized spacial score (nSPS) is 15.0. The molecule has 0 saturated carbocycles. The van der Waals surface area contributed by atoms with E-state index in [1.165, 1.54) is 12.0 Å². The molecule has 0 saturated heterocycles. The molecule has 0 spiro atoms. The maximum absolute atomic E-state index is 5.73. The molecule has 2 atom stereocenters. The van der Waals surface area contributed by atoms with Gasteiger partial charge in [-0.25, -0.2) is 0 Å². The molecular formula is C19H32O2. The Morgan fingerprint density at radius 2 is 1.57 bits per heavy atom. The minimum atomic E-state index is -0.199. The lowest BCUT2D eigenvalue weighted by atomic mass is 9.72. The summed E-state index contributed by atoms with van der Waals surface area (Å²) in [4.78, 5) is 0. The summed E-state index contributed by atoms with van der Waals surface area (Å²) in [6.07, 6.45) is 1.01. The van der Waals surface area contributed by atoms with Gasteiger partial charge in [0.15, 0.2) is 6.29 Å². The SMILES string of the molecule is CCOC(C)Oc1ccc(C(CC(C)C)C(C)(C)C)cc1. The first-order valence-electron chi connectivity index (χ1n) is 8.12. The van der Waals surface area contributed by atoms with Gasteiger partial charge in [-0.1, -0.05) is 46.8 Å². The van der Waals surface area contributed by atoms with E-state index in [9.17, 15) is 0 Å². The van der Waals surface area contributed by atoms with E-state index in [1.807, 2.05) is 13.8 Å².